The first kappa shape index (κ1) is 22.4. The molecule has 0 amide bonds. The molecule has 8 heteroatoms. The Kier molecular flexibility index (Phi) is 9.10. The molecule has 0 fully saturated rings. The van der Waals surface area contributed by atoms with Crippen molar-refractivity contribution in [3.8, 4) is 0 Å². The van der Waals surface area contributed by atoms with Crippen molar-refractivity contribution in [2.24, 2.45) is 17.2 Å². The summed E-state index contributed by atoms with van der Waals surface area (Å²) in [5.74, 6) is 0. The predicted molar refractivity (Wildman–Crippen MR) is 114 cm³/mol. The summed E-state index contributed by atoms with van der Waals surface area (Å²) < 4.78 is 0. The van der Waals surface area contributed by atoms with Crippen molar-refractivity contribution < 1.29 is 13.0 Å². The fourth-order valence-corrected chi connectivity index (χ4v) is 7.05. The van der Waals surface area contributed by atoms with Gasteiger partial charge < -0.3 is 17.2 Å². The standard InChI is InChI=1S/C18H24N3P.3ClH.Ru/c19-16-12-7-13-18(20,21)17(16)22(14-8-3-1-4-9-14)15-10-5-2-6-11-15;;;;/h1-8,10,12-15,17H,9,11,19-21H2;3*1H;/q;;;;+3/p-3. The van der Waals surface area contributed by atoms with Gasteiger partial charge in [-0.05, 0) is 25.0 Å². The summed E-state index contributed by atoms with van der Waals surface area (Å²) in [4.78, 5) is 0. The van der Waals surface area contributed by atoms with Crippen molar-refractivity contribution in [1.82, 2.24) is 0 Å². The van der Waals surface area contributed by atoms with E-state index in [9.17, 15) is 0 Å². The Hall–Kier alpha value is 0.0834. The summed E-state index contributed by atoms with van der Waals surface area (Å²) >= 11 is -1.75. The first-order valence-corrected chi connectivity index (χ1v) is 16.4. The predicted octanol–water partition coefficient (Wildman–Crippen LogP) is 4.70. The number of hydrogen-bond donors (Lipinski definition) is 3. The number of nitrogens with two attached hydrogens (primary N) is 3. The van der Waals surface area contributed by atoms with E-state index in [1.165, 1.54) is 0 Å². The Bertz CT molecular complexity index is 623. The molecule has 0 aromatic rings. The average molecular weight is 521 g/mol. The number of hydrogen-bond acceptors (Lipinski definition) is 3. The van der Waals surface area contributed by atoms with Gasteiger partial charge in [-0.2, -0.15) is 0 Å². The molecule has 145 valence electrons. The average Bonchev–Trinajstić information content (AvgIpc) is 2.59. The molecule has 0 aliphatic heterocycles. The zero-order chi connectivity index (χ0) is 19.2. The van der Waals surface area contributed by atoms with Crippen molar-refractivity contribution in [2.75, 3.05) is 0 Å². The fraction of sp³-hybridized carbons (Fsp3) is 0.333. The van der Waals surface area contributed by atoms with E-state index in [4.69, 9.17) is 46.3 Å². The van der Waals surface area contributed by atoms with Crippen LogP contribution in [0.3, 0.4) is 0 Å². The SMILES string of the molecule is NC1=CC=CC(N)(N)C1P(C1C=CC=CC1)C1C=CC=CC1.[Cl][Ru]([Cl])[Cl]. The summed E-state index contributed by atoms with van der Waals surface area (Å²) in [6, 6.07) is 0. The second-order valence-electron chi connectivity index (χ2n) is 6.26. The molecular weight excluding hydrogens is 497 g/mol. The number of halogens is 3. The molecule has 0 heterocycles. The van der Waals surface area contributed by atoms with E-state index in [1.807, 2.05) is 18.2 Å². The van der Waals surface area contributed by atoms with Crippen LogP contribution in [-0.2, 0) is 13.0 Å². The van der Waals surface area contributed by atoms with Gasteiger partial charge >= 0.3 is 42.1 Å². The van der Waals surface area contributed by atoms with Gasteiger partial charge in [-0.1, -0.05) is 62.6 Å². The minimum absolute atomic E-state index is 0.00907. The van der Waals surface area contributed by atoms with Crippen LogP contribution in [-0.4, -0.2) is 22.6 Å². The molecular formula is C18H24Cl3N3PRu. The zero-order valence-corrected chi connectivity index (χ0v) is 19.1. The molecule has 3 nitrogen and oxygen atoms in total. The molecule has 0 aromatic heterocycles. The van der Waals surface area contributed by atoms with Crippen LogP contribution in [0.5, 0.6) is 0 Å². The van der Waals surface area contributed by atoms with Gasteiger partial charge in [0.2, 0.25) is 0 Å². The summed E-state index contributed by atoms with van der Waals surface area (Å²) in [5, 5.41) is 0. The minimum atomic E-state index is -1.75. The third kappa shape index (κ3) is 6.31. The van der Waals surface area contributed by atoms with Crippen molar-refractivity contribution in [1.29, 1.82) is 0 Å². The van der Waals surface area contributed by atoms with Gasteiger partial charge in [0.05, 0.1) is 11.3 Å². The first-order valence-electron chi connectivity index (χ1n) is 8.16. The van der Waals surface area contributed by atoms with E-state index in [2.05, 4.69) is 48.6 Å². The Balaban J connectivity index is 0.000000552. The second-order valence-corrected chi connectivity index (χ2v) is 16.9. The van der Waals surface area contributed by atoms with E-state index in [0.717, 1.165) is 18.5 Å². The van der Waals surface area contributed by atoms with Crippen LogP contribution in [0.15, 0.2) is 72.5 Å². The molecule has 0 bridgehead atoms. The summed E-state index contributed by atoms with van der Waals surface area (Å²) in [6.07, 6.45) is 25.4. The van der Waals surface area contributed by atoms with E-state index in [1.54, 1.807) is 0 Å². The normalized spacial score (nSPS) is 30.3. The summed E-state index contributed by atoms with van der Waals surface area (Å²) in [6.45, 7) is 0. The monoisotopic (exact) mass is 520 g/mol. The maximum atomic E-state index is 6.43. The van der Waals surface area contributed by atoms with Crippen LogP contribution in [0.1, 0.15) is 12.8 Å². The molecule has 3 unspecified atom stereocenters. The molecule has 0 saturated carbocycles. The van der Waals surface area contributed by atoms with Crippen molar-refractivity contribution in [3.05, 3.63) is 72.5 Å². The van der Waals surface area contributed by atoms with Crippen LogP contribution >= 0.6 is 37.0 Å². The fourth-order valence-electron chi connectivity index (χ4n) is 3.43. The van der Waals surface area contributed by atoms with Gasteiger partial charge in [-0.15, -0.1) is 0 Å². The zero-order valence-electron chi connectivity index (χ0n) is 14.2. The molecule has 6 N–H and O–H groups in total. The Morgan fingerprint density at radius 2 is 1.42 bits per heavy atom. The summed E-state index contributed by atoms with van der Waals surface area (Å²) in [5.41, 5.74) is 20.1. The van der Waals surface area contributed by atoms with Gasteiger partial charge in [0.15, 0.2) is 0 Å². The Labute approximate surface area is 174 Å². The topological polar surface area (TPSA) is 78.1 Å². The van der Waals surface area contributed by atoms with Crippen LogP contribution < -0.4 is 17.2 Å². The Morgan fingerprint density at radius 1 is 0.923 bits per heavy atom. The molecule has 0 aromatic carbocycles. The van der Waals surface area contributed by atoms with Crippen molar-refractivity contribution in [3.63, 3.8) is 0 Å². The van der Waals surface area contributed by atoms with E-state index < -0.39 is 26.6 Å². The van der Waals surface area contributed by atoms with Crippen LogP contribution in [0.25, 0.3) is 0 Å². The third-order valence-electron chi connectivity index (χ3n) is 4.44. The van der Waals surface area contributed by atoms with Gasteiger partial charge in [0.1, 0.15) is 0 Å². The molecule has 3 aliphatic rings. The second kappa shape index (κ2) is 10.6. The van der Waals surface area contributed by atoms with Crippen LogP contribution in [0, 0.1) is 0 Å². The van der Waals surface area contributed by atoms with Crippen molar-refractivity contribution >= 4 is 37.0 Å². The van der Waals surface area contributed by atoms with Crippen molar-refractivity contribution in [2.45, 2.75) is 35.5 Å². The van der Waals surface area contributed by atoms with Gasteiger partial charge in [0.25, 0.3) is 0 Å². The quantitative estimate of drug-likeness (QED) is 0.287. The molecule has 26 heavy (non-hydrogen) atoms. The summed E-state index contributed by atoms with van der Waals surface area (Å²) in [7, 11) is 14.3. The first-order chi connectivity index (χ1) is 12.3. The molecule has 0 spiro atoms. The third-order valence-corrected chi connectivity index (χ3v) is 8.08. The van der Waals surface area contributed by atoms with Gasteiger partial charge in [-0.25, -0.2) is 0 Å². The molecule has 0 radical (unpaired) electrons. The van der Waals surface area contributed by atoms with E-state index in [-0.39, 0.29) is 5.66 Å². The Morgan fingerprint density at radius 3 is 1.81 bits per heavy atom. The van der Waals surface area contributed by atoms with E-state index in [0.29, 0.717) is 11.3 Å². The number of allylic oxidation sites excluding steroid dienone is 10. The maximum absolute atomic E-state index is 6.43. The van der Waals surface area contributed by atoms with Gasteiger partial charge in [-0.3, -0.25) is 0 Å². The number of rotatable bonds is 3. The van der Waals surface area contributed by atoms with Gasteiger partial charge in [0, 0.05) is 17.0 Å². The molecule has 0 saturated heterocycles. The molecule has 3 rings (SSSR count). The van der Waals surface area contributed by atoms with Crippen LogP contribution in [0.2, 0.25) is 0 Å². The van der Waals surface area contributed by atoms with Crippen LogP contribution in [0.4, 0.5) is 0 Å². The molecule has 3 aliphatic carbocycles. The molecule has 3 atom stereocenters. The van der Waals surface area contributed by atoms with E-state index >= 15 is 0 Å².